The van der Waals surface area contributed by atoms with Gasteiger partial charge in [-0.3, -0.25) is 37.3 Å². The zero-order valence-corrected chi connectivity index (χ0v) is 63.4. The number of aliphatic hydroxyl groups excluding tert-OH is 1. The first kappa shape index (κ1) is 92.1. The van der Waals surface area contributed by atoms with Crippen molar-refractivity contribution in [2.24, 2.45) is 23.7 Å². The second-order valence-corrected chi connectivity index (χ2v) is 31.6. The highest BCUT2D eigenvalue weighted by Crippen LogP contribution is 2.45. The number of carbonyl (C=O) groups is 4. The van der Waals surface area contributed by atoms with Crippen LogP contribution in [0.1, 0.15) is 376 Å². The number of esters is 4. The van der Waals surface area contributed by atoms with Crippen molar-refractivity contribution >= 4 is 39.5 Å². The van der Waals surface area contributed by atoms with Gasteiger partial charge in [0.1, 0.15) is 19.3 Å². The molecule has 0 heterocycles. The number of hydrogen-bond donors (Lipinski definition) is 3. The van der Waals surface area contributed by atoms with E-state index in [1.807, 2.05) is 0 Å². The zero-order chi connectivity index (χ0) is 69.6. The molecule has 19 heteroatoms. The van der Waals surface area contributed by atoms with Crippen LogP contribution in [0.3, 0.4) is 0 Å². The Kier molecular flexibility index (Phi) is 63.1. The van der Waals surface area contributed by atoms with Crippen LogP contribution < -0.4 is 0 Å². The van der Waals surface area contributed by atoms with Crippen LogP contribution in [-0.2, 0) is 65.4 Å². The summed E-state index contributed by atoms with van der Waals surface area (Å²) in [6.07, 6.45) is 48.6. The van der Waals surface area contributed by atoms with Crippen LogP contribution in [-0.4, -0.2) is 96.7 Å². The number of hydrogen-bond acceptors (Lipinski definition) is 15. The third-order valence-electron chi connectivity index (χ3n) is 17.7. The van der Waals surface area contributed by atoms with E-state index < -0.39 is 97.5 Å². The molecule has 0 aromatic rings. The molecule has 94 heavy (non-hydrogen) atoms. The Morgan fingerprint density at radius 3 is 0.755 bits per heavy atom. The maximum absolute atomic E-state index is 13.1. The summed E-state index contributed by atoms with van der Waals surface area (Å²) in [7, 11) is -9.91. The molecule has 0 fully saturated rings. The first-order valence-corrected chi connectivity index (χ1v) is 41.7. The van der Waals surface area contributed by atoms with Crippen LogP contribution in [0.25, 0.3) is 0 Å². The Labute approximate surface area is 575 Å². The number of carbonyl (C=O) groups excluding carboxylic acids is 4. The van der Waals surface area contributed by atoms with Gasteiger partial charge in [0.25, 0.3) is 0 Å². The number of phosphoric ester groups is 2. The highest BCUT2D eigenvalue weighted by molar-refractivity contribution is 7.47. The van der Waals surface area contributed by atoms with Crippen LogP contribution in [0.5, 0.6) is 0 Å². The standard InChI is InChI=1S/C75H146O17P2/c1-9-68(8)54-46-38-29-23-18-20-24-30-39-47-55-72(77)85-61-70(91-75(80)58-50-42-32-26-19-17-22-28-36-44-52-66(4)5)63-89-93(81,82)87-59-69(76)60-88-94(83,84)90-64-71(62-86-73(78)56-48-40-34-33-37-45-53-67(6)7)92-74(79)57-49-41-31-25-16-14-12-10-11-13-15-21-27-35-43-51-65(2)3/h65-71,76H,9-64H2,1-8H3,(H,81,82)(H,83,84)/t68?,69?,70-,71-/m1/s1. The summed E-state index contributed by atoms with van der Waals surface area (Å²) < 4.78 is 68.5. The molecular formula is C75H146O17P2. The number of ether oxygens (including phenoxy) is 4. The molecule has 0 aliphatic carbocycles. The molecule has 0 saturated heterocycles. The Hall–Kier alpha value is -1.94. The van der Waals surface area contributed by atoms with Crippen molar-refractivity contribution in [3.63, 3.8) is 0 Å². The third kappa shape index (κ3) is 67.3. The van der Waals surface area contributed by atoms with Gasteiger partial charge in [0.15, 0.2) is 12.2 Å². The first-order chi connectivity index (χ1) is 45.1. The van der Waals surface area contributed by atoms with E-state index >= 15 is 0 Å². The molecule has 0 aliphatic heterocycles. The summed E-state index contributed by atoms with van der Waals surface area (Å²) in [5, 5.41) is 10.6. The fourth-order valence-corrected chi connectivity index (χ4v) is 12.9. The highest BCUT2D eigenvalue weighted by atomic mass is 31.2. The Bertz CT molecular complexity index is 1850. The van der Waals surface area contributed by atoms with Gasteiger partial charge < -0.3 is 33.8 Å². The molecule has 0 bridgehead atoms. The van der Waals surface area contributed by atoms with Crippen molar-refractivity contribution in [2.75, 3.05) is 39.6 Å². The monoisotopic (exact) mass is 1380 g/mol. The molecule has 0 aliphatic rings. The molecule has 0 spiro atoms. The summed E-state index contributed by atoms with van der Waals surface area (Å²) in [6, 6.07) is 0. The Balaban J connectivity index is 5.22. The van der Waals surface area contributed by atoms with Crippen LogP contribution >= 0.6 is 15.6 Å². The SMILES string of the molecule is CCC(C)CCCCCCCCCCCCC(=O)OC[C@H](COP(=O)(O)OCC(O)COP(=O)(O)OC[C@@H](COC(=O)CCCCCCCCC(C)C)OC(=O)CCCCCCCCCCCCCCCCCC(C)C)OC(=O)CCCCCCCCCCCCC(C)C. The van der Waals surface area contributed by atoms with Crippen molar-refractivity contribution < 1.29 is 80.2 Å². The van der Waals surface area contributed by atoms with Gasteiger partial charge in [-0.2, -0.15) is 0 Å². The van der Waals surface area contributed by atoms with Gasteiger partial charge >= 0.3 is 39.5 Å². The summed E-state index contributed by atoms with van der Waals surface area (Å²) in [5.74, 6) is 0.920. The predicted octanol–water partition coefficient (Wildman–Crippen LogP) is 21.7. The van der Waals surface area contributed by atoms with Crippen molar-refractivity contribution in [2.45, 2.75) is 395 Å². The van der Waals surface area contributed by atoms with E-state index in [9.17, 15) is 43.2 Å². The van der Waals surface area contributed by atoms with Crippen molar-refractivity contribution in [3.8, 4) is 0 Å². The number of phosphoric acid groups is 2. The fourth-order valence-electron chi connectivity index (χ4n) is 11.3. The van der Waals surface area contributed by atoms with Gasteiger partial charge in [0.2, 0.25) is 0 Å². The lowest BCUT2D eigenvalue weighted by molar-refractivity contribution is -0.161. The molecule has 558 valence electrons. The second kappa shape index (κ2) is 64.4. The van der Waals surface area contributed by atoms with E-state index in [-0.39, 0.29) is 25.7 Å². The minimum atomic E-state index is -4.96. The van der Waals surface area contributed by atoms with Gasteiger partial charge in [-0.1, -0.05) is 325 Å². The molecule has 3 N–H and O–H groups in total. The molecule has 4 unspecified atom stereocenters. The average Bonchev–Trinajstić information content (AvgIpc) is 1.97. The zero-order valence-electron chi connectivity index (χ0n) is 61.6. The number of rotatable bonds is 72. The Morgan fingerprint density at radius 2 is 0.511 bits per heavy atom. The molecule has 0 rings (SSSR count). The van der Waals surface area contributed by atoms with Gasteiger partial charge in [-0.15, -0.1) is 0 Å². The largest absolute Gasteiger partial charge is 0.472 e. The van der Waals surface area contributed by atoms with Crippen LogP contribution in [0.2, 0.25) is 0 Å². The van der Waals surface area contributed by atoms with E-state index in [2.05, 4.69) is 55.4 Å². The topological polar surface area (TPSA) is 237 Å². The molecule has 0 aromatic heterocycles. The third-order valence-corrected chi connectivity index (χ3v) is 19.6. The molecule has 0 amide bonds. The minimum Gasteiger partial charge on any atom is -0.462 e. The van der Waals surface area contributed by atoms with Gasteiger partial charge in [-0.05, 0) is 49.4 Å². The molecule has 0 saturated carbocycles. The summed E-state index contributed by atoms with van der Waals surface area (Å²) in [4.78, 5) is 72.7. The van der Waals surface area contributed by atoms with Crippen molar-refractivity contribution in [1.82, 2.24) is 0 Å². The van der Waals surface area contributed by atoms with Crippen LogP contribution in [0.15, 0.2) is 0 Å². The minimum absolute atomic E-state index is 0.105. The molecular weight excluding hydrogens is 1230 g/mol. The van der Waals surface area contributed by atoms with Crippen molar-refractivity contribution in [3.05, 3.63) is 0 Å². The van der Waals surface area contributed by atoms with Gasteiger partial charge in [0, 0.05) is 25.7 Å². The number of aliphatic hydroxyl groups is 1. The molecule has 0 radical (unpaired) electrons. The van der Waals surface area contributed by atoms with Crippen LogP contribution in [0.4, 0.5) is 0 Å². The lowest BCUT2D eigenvalue weighted by Crippen LogP contribution is -2.30. The van der Waals surface area contributed by atoms with E-state index in [0.29, 0.717) is 31.6 Å². The first-order valence-electron chi connectivity index (χ1n) is 38.7. The normalized spacial score (nSPS) is 14.4. The molecule has 6 atom stereocenters. The average molecular weight is 1380 g/mol. The van der Waals surface area contributed by atoms with E-state index in [1.165, 1.54) is 173 Å². The summed E-state index contributed by atoms with van der Waals surface area (Å²) in [5.41, 5.74) is 0. The lowest BCUT2D eigenvalue weighted by Gasteiger charge is -2.21. The molecule has 17 nitrogen and oxygen atoms in total. The van der Waals surface area contributed by atoms with E-state index in [1.54, 1.807) is 0 Å². The maximum atomic E-state index is 13.1. The fraction of sp³-hybridized carbons (Fsp3) is 0.947. The van der Waals surface area contributed by atoms with E-state index in [0.717, 1.165) is 114 Å². The smallest absolute Gasteiger partial charge is 0.462 e. The lowest BCUT2D eigenvalue weighted by atomic mass is 9.99. The van der Waals surface area contributed by atoms with Crippen LogP contribution in [0, 0.1) is 23.7 Å². The van der Waals surface area contributed by atoms with E-state index in [4.69, 9.17) is 37.0 Å². The molecule has 0 aromatic carbocycles. The van der Waals surface area contributed by atoms with Gasteiger partial charge in [0.05, 0.1) is 26.4 Å². The Morgan fingerprint density at radius 1 is 0.298 bits per heavy atom. The second-order valence-electron chi connectivity index (χ2n) is 28.7. The summed E-state index contributed by atoms with van der Waals surface area (Å²) in [6.45, 7) is 14.2. The quantitative estimate of drug-likeness (QED) is 0.0222. The predicted molar refractivity (Wildman–Crippen MR) is 381 cm³/mol. The van der Waals surface area contributed by atoms with Crippen molar-refractivity contribution in [1.29, 1.82) is 0 Å². The number of unbranched alkanes of at least 4 members (excludes halogenated alkanes) is 37. The highest BCUT2D eigenvalue weighted by Gasteiger charge is 2.30. The summed E-state index contributed by atoms with van der Waals surface area (Å²) >= 11 is 0. The van der Waals surface area contributed by atoms with Gasteiger partial charge in [-0.25, -0.2) is 9.13 Å². The maximum Gasteiger partial charge on any atom is 0.472 e.